The monoisotopic (exact) mass is 391 g/mol. The fourth-order valence-corrected chi connectivity index (χ4v) is 3.22. The van der Waals surface area contributed by atoms with Crippen molar-refractivity contribution in [3.05, 3.63) is 18.2 Å². The molecule has 0 bridgehead atoms. The number of nitrogens with one attached hydrogen (secondary N) is 1. The normalized spacial score (nSPS) is 14.8. The fourth-order valence-electron chi connectivity index (χ4n) is 3.22. The molecule has 1 aliphatic heterocycles. The summed E-state index contributed by atoms with van der Waals surface area (Å²) >= 11 is 0. The van der Waals surface area contributed by atoms with Gasteiger partial charge in [-0.25, -0.2) is 0 Å². The number of piperidine rings is 1. The lowest BCUT2D eigenvalue weighted by Gasteiger charge is -2.31. The predicted octanol–water partition coefficient (Wildman–Crippen LogP) is 2.61. The molecule has 0 aliphatic carbocycles. The predicted molar refractivity (Wildman–Crippen MR) is 110 cm³/mol. The second-order valence-corrected chi connectivity index (χ2v) is 7.31. The molecule has 1 fully saturated rings. The van der Waals surface area contributed by atoms with Crippen molar-refractivity contribution in [3.8, 4) is 11.5 Å². The zero-order valence-electron chi connectivity index (χ0n) is 17.5. The van der Waals surface area contributed by atoms with Crippen LogP contribution >= 0.6 is 0 Å². The van der Waals surface area contributed by atoms with E-state index in [9.17, 15) is 9.59 Å². The number of amides is 2. The van der Waals surface area contributed by atoms with Crippen molar-refractivity contribution in [1.29, 1.82) is 0 Å². The van der Waals surface area contributed by atoms with Gasteiger partial charge < -0.3 is 19.7 Å². The number of carbonyl (C=O) groups is 2. The summed E-state index contributed by atoms with van der Waals surface area (Å²) < 4.78 is 11.1. The van der Waals surface area contributed by atoms with E-state index in [0.717, 1.165) is 25.9 Å². The van der Waals surface area contributed by atoms with E-state index in [4.69, 9.17) is 9.47 Å². The van der Waals surface area contributed by atoms with E-state index in [1.807, 2.05) is 18.7 Å². The quantitative estimate of drug-likeness (QED) is 0.701. The summed E-state index contributed by atoms with van der Waals surface area (Å²) in [5.74, 6) is 1.85. The van der Waals surface area contributed by atoms with Crippen LogP contribution in [0, 0.1) is 5.92 Å². The number of likely N-dealkylation sites (tertiary alicyclic amines) is 1. The van der Waals surface area contributed by atoms with Gasteiger partial charge in [0, 0.05) is 24.8 Å². The Morgan fingerprint density at radius 2 is 1.75 bits per heavy atom. The highest BCUT2D eigenvalue weighted by Gasteiger charge is 2.21. The summed E-state index contributed by atoms with van der Waals surface area (Å²) in [5.41, 5.74) is 0.640. The van der Waals surface area contributed by atoms with Crippen LogP contribution in [0.2, 0.25) is 0 Å². The maximum atomic E-state index is 12.4. The maximum Gasteiger partial charge on any atom is 0.238 e. The van der Waals surface area contributed by atoms with Crippen LogP contribution in [0.15, 0.2) is 18.2 Å². The molecule has 28 heavy (non-hydrogen) atoms. The topological polar surface area (TPSA) is 71.1 Å². The minimum atomic E-state index is -0.172. The first kappa shape index (κ1) is 22.0. The molecule has 0 saturated carbocycles. The third-order valence-corrected chi connectivity index (χ3v) is 4.78. The van der Waals surface area contributed by atoms with Crippen LogP contribution in [0.4, 0.5) is 5.69 Å². The number of hydrogen-bond donors (Lipinski definition) is 1. The molecule has 0 unspecified atom stereocenters. The lowest BCUT2D eigenvalue weighted by molar-refractivity contribution is -0.133. The van der Waals surface area contributed by atoms with Crippen molar-refractivity contribution in [3.63, 3.8) is 0 Å². The second kappa shape index (κ2) is 10.9. The Balaban J connectivity index is 1.85. The van der Waals surface area contributed by atoms with E-state index >= 15 is 0 Å². The Morgan fingerprint density at radius 3 is 2.39 bits per heavy atom. The Kier molecular flexibility index (Phi) is 8.57. The molecule has 1 saturated heterocycles. The van der Waals surface area contributed by atoms with E-state index in [-0.39, 0.29) is 24.9 Å². The molecule has 7 heteroatoms. The van der Waals surface area contributed by atoms with Crippen molar-refractivity contribution in [2.75, 3.05) is 51.8 Å². The molecular formula is C21H33N3O4. The maximum absolute atomic E-state index is 12.4. The van der Waals surface area contributed by atoms with Crippen LogP contribution in [-0.2, 0) is 9.59 Å². The SMILES string of the molecule is CCOc1ccc(NC(=O)CN(C)CC(=O)N2CCC(C)CC2)cc1OCC. The molecule has 0 atom stereocenters. The molecular weight excluding hydrogens is 358 g/mol. The zero-order valence-corrected chi connectivity index (χ0v) is 17.5. The van der Waals surface area contributed by atoms with Crippen LogP contribution in [0.3, 0.4) is 0 Å². The molecule has 0 radical (unpaired) electrons. The first-order chi connectivity index (χ1) is 13.4. The van der Waals surface area contributed by atoms with Gasteiger partial charge in [0.1, 0.15) is 0 Å². The largest absolute Gasteiger partial charge is 0.490 e. The number of benzene rings is 1. The van der Waals surface area contributed by atoms with E-state index in [1.54, 1.807) is 30.1 Å². The highest BCUT2D eigenvalue weighted by Crippen LogP contribution is 2.30. The number of ether oxygens (including phenoxy) is 2. The van der Waals surface area contributed by atoms with Crippen LogP contribution in [0.25, 0.3) is 0 Å². The van der Waals surface area contributed by atoms with E-state index in [1.165, 1.54) is 0 Å². The Bertz CT molecular complexity index is 657. The smallest absolute Gasteiger partial charge is 0.238 e. The first-order valence-corrected chi connectivity index (χ1v) is 10.1. The second-order valence-electron chi connectivity index (χ2n) is 7.31. The lowest BCUT2D eigenvalue weighted by Crippen LogP contribution is -2.44. The third kappa shape index (κ3) is 6.71. The molecule has 1 N–H and O–H groups in total. The standard InChI is InChI=1S/C21H33N3O4/c1-5-27-18-8-7-17(13-19(18)28-6-2)22-20(25)14-23(4)15-21(26)24-11-9-16(3)10-12-24/h7-8,13,16H,5-6,9-12,14-15H2,1-4H3,(H,22,25). The number of hydrogen-bond acceptors (Lipinski definition) is 5. The van der Waals surface area contributed by atoms with Gasteiger partial charge >= 0.3 is 0 Å². The zero-order chi connectivity index (χ0) is 20.5. The molecule has 7 nitrogen and oxygen atoms in total. The van der Waals surface area contributed by atoms with Gasteiger partial charge in [0.2, 0.25) is 11.8 Å². The van der Waals surface area contributed by atoms with Crippen LogP contribution in [0.5, 0.6) is 11.5 Å². The number of rotatable bonds is 9. The summed E-state index contributed by atoms with van der Waals surface area (Å²) in [6.45, 7) is 9.10. The molecule has 0 aromatic heterocycles. The van der Waals surface area contributed by atoms with Crippen molar-refractivity contribution in [1.82, 2.24) is 9.80 Å². The molecule has 156 valence electrons. The van der Waals surface area contributed by atoms with Crippen LogP contribution in [0.1, 0.15) is 33.6 Å². The van der Waals surface area contributed by atoms with Gasteiger partial charge in [0.15, 0.2) is 11.5 Å². The van der Waals surface area contributed by atoms with Gasteiger partial charge in [-0.3, -0.25) is 14.5 Å². The molecule has 0 spiro atoms. The molecule has 1 aromatic carbocycles. The summed E-state index contributed by atoms with van der Waals surface area (Å²) in [7, 11) is 1.79. The van der Waals surface area contributed by atoms with Gasteiger partial charge in [0.25, 0.3) is 0 Å². The number of likely N-dealkylation sites (N-methyl/N-ethyl adjacent to an activating group) is 1. The highest BCUT2D eigenvalue weighted by molar-refractivity contribution is 5.93. The first-order valence-electron chi connectivity index (χ1n) is 10.1. The molecule has 1 heterocycles. The Hall–Kier alpha value is -2.28. The van der Waals surface area contributed by atoms with Gasteiger partial charge in [-0.05, 0) is 51.8 Å². The fraction of sp³-hybridized carbons (Fsp3) is 0.619. The van der Waals surface area contributed by atoms with Crippen molar-refractivity contribution >= 4 is 17.5 Å². The van der Waals surface area contributed by atoms with E-state index in [0.29, 0.717) is 36.3 Å². The Labute approximate surface area is 168 Å². The van der Waals surface area contributed by atoms with Gasteiger partial charge in [-0.1, -0.05) is 6.92 Å². The minimum absolute atomic E-state index is 0.0851. The van der Waals surface area contributed by atoms with Gasteiger partial charge in [-0.2, -0.15) is 0 Å². The highest BCUT2D eigenvalue weighted by atomic mass is 16.5. The summed E-state index contributed by atoms with van der Waals surface area (Å²) in [6.07, 6.45) is 2.10. The summed E-state index contributed by atoms with van der Waals surface area (Å²) in [6, 6.07) is 5.33. The van der Waals surface area contributed by atoms with Gasteiger partial charge in [-0.15, -0.1) is 0 Å². The average molecular weight is 392 g/mol. The molecule has 2 amide bonds. The molecule has 1 aromatic rings. The summed E-state index contributed by atoms with van der Waals surface area (Å²) in [5, 5.41) is 2.86. The number of nitrogens with zero attached hydrogens (tertiary/aromatic N) is 2. The van der Waals surface area contributed by atoms with Crippen molar-refractivity contribution < 1.29 is 19.1 Å². The molecule has 2 rings (SSSR count). The van der Waals surface area contributed by atoms with Crippen molar-refractivity contribution in [2.24, 2.45) is 5.92 Å². The lowest BCUT2D eigenvalue weighted by atomic mass is 9.99. The van der Waals surface area contributed by atoms with Crippen LogP contribution < -0.4 is 14.8 Å². The summed E-state index contributed by atoms with van der Waals surface area (Å²) in [4.78, 5) is 28.4. The minimum Gasteiger partial charge on any atom is -0.490 e. The molecule has 1 aliphatic rings. The van der Waals surface area contributed by atoms with Crippen LogP contribution in [-0.4, -0.2) is 68.1 Å². The third-order valence-electron chi connectivity index (χ3n) is 4.78. The average Bonchev–Trinajstić information content (AvgIpc) is 2.64. The van der Waals surface area contributed by atoms with Gasteiger partial charge in [0.05, 0.1) is 26.3 Å². The number of carbonyl (C=O) groups excluding carboxylic acids is 2. The van der Waals surface area contributed by atoms with Crippen molar-refractivity contribution in [2.45, 2.75) is 33.6 Å². The van der Waals surface area contributed by atoms with E-state index < -0.39 is 0 Å². The number of anilines is 1. The Morgan fingerprint density at radius 1 is 1.11 bits per heavy atom. The van der Waals surface area contributed by atoms with E-state index in [2.05, 4.69) is 12.2 Å².